The molecular formula is C16H27N3O2. The first-order chi connectivity index (χ1) is 10.2. The molecule has 0 saturated carbocycles. The van der Waals surface area contributed by atoms with E-state index in [4.69, 9.17) is 9.26 Å². The maximum Gasteiger partial charge on any atom is 0.228 e. The molecule has 5 nitrogen and oxygen atoms in total. The first kappa shape index (κ1) is 15.0. The summed E-state index contributed by atoms with van der Waals surface area (Å²) < 4.78 is 11.4. The molecule has 4 unspecified atom stereocenters. The lowest BCUT2D eigenvalue weighted by atomic mass is 9.89. The summed E-state index contributed by atoms with van der Waals surface area (Å²) in [4.78, 5) is 4.64. The van der Waals surface area contributed by atoms with Gasteiger partial charge in [-0.05, 0) is 38.1 Å². The van der Waals surface area contributed by atoms with Crippen molar-refractivity contribution in [2.24, 2.45) is 5.92 Å². The smallest absolute Gasteiger partial charge is 0.228 e. The van der Waals surface area contributed by atoms with E-state index in [2.05, 4.69) is 36.2 Å². The van der Waals surface area contributed by atoms with Gasteiger partial charge in [0.1, 0.15) is 0 Å². The van der Waals surface area contributed by atoms with Crippen LogP contribution in [0.25, 0.3) is 0 Å². The van der Waals surface area contributed by atoms with Gasteiger partial charge in [-0.15, -0.1) is 0 Å². The van der Waals surface area contributed by atoms with E-state index in [0.29, 0.717) is 30.1 Å². The molecule has 21 heavy (non-hydrogen) atoms. The van der Waals surface area contributed by atoms with Gasteiger partial charge < -0.3 is 14.6 Å². The molecule has 2 saturated heterocycles. The summed E-state index contributed by atoms with van der Waals surface area (Å²) in [6, 6.07) is 0.416. The van der Waals surface area contributed by atoms with Gasteiger partial charge in [-0.3, -0.25) is 0 Å². The Morgan fingerprint density at radius 2 is 2.19 bits per heavy atom. The normalized spacial score (nSPS) is 29.4. The van der Waals surface area contributed by atoms with Crippen molar-refractivity contribution >= 4 is 0 Å². The number of nitrogens with one attached hydrogen (secondary N) is 1. The lowest BCUT2D eigenvalue weighted by Gasteiger charge is -2.17. The van der Waals surface area contributed by atoms with Crippen molar-refractivity contribution in [2.75, 3.05) is 6.54 Å². The highest BCUT2D eigenvalue weighted by Crippen LogP contribution is 2.43. The molecule has 1 N–H and O–H groups in total. The average molecular weight is 293 g/mol. The third kappa shape index (κ3) is 3.46. The van der Waals surface area contributed by atoms with Gasteiger partial charge >= 0.3 is 0 Å². The van der Waals surface area contributed by atoms with Crippen LogP contribution < -0.4 is 5.32 Å². The molecule has 1 aromatic heterocycles. The summed E-state index contributed by atoms with van der Waals surface area (Å²) in [5.74, 6) is 2.63. The summed E-state index contributed by atoms with van der Waals surface area (Å²) in [5, 5.41) is 7.73. The van der Waals surface area contributed by atoms with E-state index in [-0.39, 0.29) is 0 Å². The molecular weight excluding hydrogens is 266 g/mol. The van der Waals surface area contributed by atoms with E-state index >= 15 is 0 Å². The Labute approximate surface area is 126 Å². The summed E-state index contributed by atoms with van der Waals surface area (Å²) in [6.45, 7) is 7.60. The van der Waals surface area contributed by atoms with Gasteiger partial charge in [0.05, 0.1) is 18.1 Å². The van der Waals surface area contributed by atoms with Crippen LogP contribution in [0.2, 0.25) is 0 Å². The van der Waals surface area contributed by atoms with Crippen LogP contribution in [-0.2, 0) is 11.2 Å². The number of nitrogens with zero attached hydrogens (tertiary/aromatic N) is 2. The van der Waals surface area contributed by atoms with Crippen LogP contribution in [0.15, 0.2) is 4.52 Å². The third-order valence-electron chi connectivity index (χ3n) is 4.59. The van der Waals surface area contributed by atoms with E-state index in [1.165, 1.54) is 6.42 Å². The van der Waals surface area contributed by atoms with Crippen LogP contribution in [0.1, 0.15) is 64.1 Å². The number of fused-ring (bicyclic) bond motifs is 2. The molecule has 0 amide bonds. The van der Waals surface area contributed by atoms with E-state index < -0.39 is 0 Å². The molecule has 0 radical (unpaired) electrons. The van der Waals surface area contributed by atoms with E-state index in [1.807, 2.05) is 0 Å². The lowest BCUT2D eigenvalue weighted by molar-refractivity contribution is 0.0996. The standard InChI is InChI=1S/C16H27N3O2/c1-4-17-11(7-10(2)3)8-15-18-16(19-21-15)13-9-12-5-6-14(13)20-12/h10-14,17H,4-9H2,1-3H3. The Balaban J connectivity index is 1.61. The Bertz CT molecular complexity index is 460. The summed E-state index contributed by atoms with van der Waals surface area (Å²) in [6.07, 6.45) is 6.10. The first-order valence-electron chi connectivity index (χ1n) is 8.37. The number of aromatic nitrogens is 2. The van der Waals surface area contributed by atoms with Crippen molar-refractivity contribution in [1.29, 1.82) is 0 Å². The molecule has 1 aromatic rings. The van der Waals surface area contributed by atoms with Crippen molar-refractivity contribution in [2.45, 2.75) is 77.0 Å². The number of rotatable bonds is 7. The Morgan fingerprint density at radius 1 is 1.33 bits per heavy atom. The highest BCUT2D eigenvalue weighted by Gasteiger charge is 2.43. The van der Waals surface area contributed by atoms with Crippen LogP contribution in [0.4, 0.5) is 0 Å². The Hall–Kier alpha value is -0.940. The van der Waals surface area contributed by atoms with Crippen LogP contribution in [0, 0.1) is 5.92 Å². The predicted octanol–water partition coefficient (Wildman–Crippen LogP) is 2.67. The average Bonchev–Trinajstić information content (AvgIpc) is 3.13. The van der Waals surface area contributed by atoms with Crippen molar-refractivity contribution in [1.82, 2.24) is 15.5 Å². The van der Waals surface area contributed by atoms with Gasteiger partial charge in [0.15, 0.2) is 5.82 Å². The van der Waals surface area contributed by atoms with Gasteiger partial charge in [0, 0.05) is 12.5 Å². The van der Waals surface area contributed by atoms with Crippen molar-refractivity contribution in [3.05, 3.63) is 11.7 Å². The minimum Gasteiger partial charge on any atom is -0.374 e. The maximum absolute atomic E-state index is 5.89. The van der Waals surface area contributed by atoms with Crippen LogP contribution >= 0.6 is 0 Å². The predicted molar refractivity (Wildman–Crippen MR) is 80.2 cm³/mol. The molecule has 3 rings (SSSR count). The summed E-state index contributed by atoms with van der Waals surface area (Å²) in [5.41, 5.74) is 0. The largest absolute Gasteiger partial charge is 0.374 e. The molecule has 4 atom stereocenters. The van der Waals surface area contributed by atoms with E-state index in [9.17, 15) is 0 Å². The quantitative estimate of drug-likeness (QED) is 0.837. The highest BCUT2D eigenvalue weighted by molar-refractivity contribution is 5.07. The van der Waals surface area contributed by atoms with Crippen LogP contribution in [0.5, 0.6) is 0 Å². The molecule has 3 heterocycles. The van der Waals surface area contributed by atoms with Gasteiger partial charge in [0.25, 0.3) is 0 Å². The third-order valence-corrected chi connectivity index (χ3v) is 4.59. The maximum atomic E-state index is 5.89. The van der Waals surface area contributed by atoms with E-state index in [1.54, 1.807) is 0 Å². The zero-order valence-corrected chi connectivity index (χ0v) is 13.3. The number of hydrogen-bond acceptors (Lipinski definition) is 5. The van der Waals surface area contributed by atoms with Crippen LogP contribution in [-0.4, -0.2) is 34.9 Å². The molecule has 2 fully saturated rings. The minimum atomic E-state index is 0.320. The molecule has 0 aromatic carbocycles. The second-order valence-corrected chi connectivity index (χ2v) is 6.85. The first-order valence-corrected chi connectivity index (χ1v) is 8.37. The number of hydrogen-bond donors (Lipinski definition) is 1. The van der Waals surface area contributed by atoms with E-state index in [0.717, 1.165) is 43.9 Å². The second kappa shape index (κ2) is 6.44. The Kier molecular flexibility index (Phi) is 4.60. The van der Waals surface area contributed by atoms with Gasteiger partial charge in [-0.2, -0.15) is 4.98 Å². The molecule has 2 aliphatic rings. The fourth-order valence-electron chi connectivity index (χ4n) is 3.72. The summed E-state index contributed by atoms with van der Waals surface area (Å²) in [7, 11) is 0. The fourth-order valence-corrected chi connectivity index (χ4v) is 3.72. The molecule has 0 spiro atoms. The molecule has 5 heteroatoms. The summed E-state index contributed by atoms with van der Waals surface area (Å²) >= 11 is 0. The molecule has 2 bridgehead atoms. The topological polar surface area (TPSA) is 60.2 Å². The fraction of sp³-hybridized carbons (Fsp3) is 0.875. The zero-order chi connectivity index (χ0) is 14.8. The second-order valence-electron chi connectivity index (χ2n) is 6.85. The highest BCUT2D eigenvalue weighted by atomic mass is 16.5. The van der Waals surface area contributed by atoms with Gasteiger partial charge in [-0.1, -0.05) is 25.9 Å². The zero-order valence-electron chi connectivity index (χ0n) is 13.3. The Morgan fingerprint density at radius 3 is 2.81 bits per heavy atom. The molecule has 0 aliphatic carbocycles. The van der Waals surface area contributed by atoms with Crippen molar-refractivity contribution in [3.63, 3.8) is 0 Å². The van der Waals surface area contributed by atoms with Crippen LogP contribution in [0.3, 0.4) is 0 Å². The number of likely N-dealkylation sites (N-methyl/N-ethyl adjacent to an activating group) is 1. The minimum absolute atomic E-state index is 0.320. The molecule has 2 aliphatic heterocycles. The van der Waals surface area contributed by atoms with Crippen molar-refractivity contribution < 1.29 is 9.26 Å². The van der Waals surface area contributed by atoms with Crippen molar-refractivity contribution in [3.8, 4) is 0 Å². The lowest BCUT2D eigenvalue weighted by Crippen LogP contribution is -2.32. The number of ether oxygens (including phenoxy) is 1. The van der Waals surface area contributed by atoms with Gasteiger partial charge in [0.2, 0.25) is 5.89 Å². The van der Waals surface area contributed by atoms with Gasteiger partial charge in [-0.25, -0.2) is 0 Å². The monoisotopic (exact) mass is 293 g/mol. The molecule has 118 valence electrons. The SMILES string of the molecule is CCNC(Cc1nc(C2CC3CCC2O3)no1)CC(C)C.